The molecule has 1 N–H and O–H groups in total. The lowest BCUT2D eigenvalue weighted by Gasteiger charge is -2.22. The monoisotopic (exact) mass is 199 g/mol. The van der Waals surface area contributed by atoms with Gasteiger partial charge in [0.2, 0.25) is 4.75 Å². The molecule has 0 fully saturated rings. The average Bonchev–Trinajstić information content (AvgIpc) is 2.31. The number of halogens is 3. The summed E-state index contributed by atoms with van der Waals surface area (Å²) in [5.74, 6) is -2.08. The van der Waals surface area contributed by atoms with Crippen LogP contribution in [-0.2, 0) is 4.79 Å². The van der Waals surface area contributed by atoms with E-state index < -0.39 is 16.9 Å². The number of thioether (sulfide) groups is 1. The van der Waals surface area contributed by atoms with Crippen LogP contribution in [0.1, 0.15) is 0 Å². The minimum atomic E-state index is -4.79. The van der Waals surface area contributed by atoms with E-state index in [-0.39, 0.29) is 17.6 Å². The van der Waals surface area contributed by atoms with E-state index in [4.69, 9.17) is 5.11 Å². The first-order valence-electron chi connectivity index (χ1n) is 2.85. The van der Waals surface area contributed by atoms with Crippen molar-refractivity contribution >= 4 is 23.9 Å². The lowest BCUT2D eigenvalue weighted by molar-refractivity contribution is -0.170. The summed E-state index contributed by atoms with van der Waals surface area (Å²) >= 11 is 0.258. The highest BCUT2D eigenvalue weighted by Crippen LogP contribution is 2.43. The van der Waals surface area contributed by atoms with E-state index in [1.807, 2.05) is 0 Å². The summed E-state index contributed by atoms with van der Waals surface area (Å²) in [5, 5.41) is 8.37. The number of carbonyl (C=O) groups is 1. The maximum absolute atomic E-state index is 12.2. The van der Waals surface area contributed by atoms with Gasteiger partial charge in [0.15, 0.2) is 0 Å². The minimum Gasteiger partial charge on any atom is -0.480 e. The van der Waals surface area contributed by atoms with E-state index in [0.717, 1.165) is 0 Å². The van der Waals surface area contributed by atoms with Crippen molar-refractivity contribution in [1.82, 2.24) is 0 Å². The number of rotatable bonds is 1. The van der Waals surface area contributed by atoms with Crippen LogP contribution in [0, 0.1) is 0 Å². The van der Waals surface area contributed by atoms with Crippen molar-refractivity contribution in [2.75, 3.05) is 5.88 Å². The Bertz CT molecular complexity index is 239. The molecule has 1 aliphatic heterocycles. The van der Waals surface area contributed by atoms with Crippen LogP contribution in [0.4, 0.5) is 13.2 Å². The van der Waals surface area contributed by atoms with Crippen LogP contribution in [0.3, 0.4) is 0 Å². The number of aliphatic imine (C=N–C) groups is 1. The highest BCUT2D eigenvalue weighted by atomic mass is 32.2. The molecule has 3 nitrogen and oxygen atoms in total. The van der Waals surface area contributed by atoms with Crippen LogP contribution in [0.25, 0.3) is 0 Å². The Hall–Kier alpha value is -0.720. The minimum absolute atomic E-state index is 0.161. The summed E-state index contributed by atoms with van der Waals surface area (Å²) in [6, 6.07) is 0. The molecule has 68 valence electrons. The van der Waals surface area contributed by atoms with Crippen molar-refractivity contribution in [3.8, 4) is 0 Å². The fourth-order valence-corrected chi connectivity index (χ4v) is 1.52. The van der Waals surface area contributed by atoms with Crippen LogP contribution >= 0.6 is 11.8 Å². The van der Waals surface area contributed by atoms with Crippen molar-refractivity contribution in [3.05, 3.63) is 0 Å². The topological polar surface area (TPSA) is 49.7 Å². The van der Waals surface area contributed by atoms with Crippen molar-refractivity contribution in [3.63, 3.8) is 0 Å². The maximum atomic E-state index is 12.2. The molecule has 0 saturated carbocycles. The molecule has 0 radical (unpaired) electrons. The van der Waals surface area contributed by atoms with Crippen LogP contribution in [0.2, 0.25) is 0 Å². The first-order valence-corrected chi connectivity index (χ1v) is 3.84. The van der Waals surface area contributed by atoms with Gasteiger partial charge >= 0.3 is 12.1 Å². The van der Waals surface area contributed by atoms with Gasteiger partial charge in [0.05, 0.1) is 5.88 Å². The smallest absolute Gasteiger partial charge is 0.418 e. The van der Waals surface area contributed by atoms with E-state index in [2.05, 4.69) is 4.99 Å². The number of aliphatic carboxylic acids is 1. The third-order valence-electron chi connectivity index (χ3n) is 1.38. The van der Waals surface area contributed by atoms with Crippen LogP contribution in [0.15, 0.2) is 4.99 Å². The second-order valence-electron chi connectivity index (χ2n) is 2.12. The van der Waals surface area contributed by atoms with Gasteiger partial charge in [-0.1, -0.05) is 0 Å². The van der Waals surface area contributed by atoms with Crippen molar-refractivity contribution < 1.29 is 23.1 Å². The molecule has 0 spiro atoms. The summed E-state index contributed by atoms with van der Waals surface area (Å²) in [4.78, 5) is 13.6. The van der Waals surface area contributed by atoms with Gasteiger partial charge in [0.25, 0.3) is 0 Å². The number of nitrogens with zero attached hydrogens (tertiary/aromatic N) is 1. The quantitative estimate of drug-likeness (QED) is 0.689. The van der Waals surface area contributed by atoms with Gasteiger partial charge in [0, 0.05) is 6.21 Å². The van der Waals surface area contributed by atoms with Crippen LogP contribution in [0.5, 0.6) is 0 Å². The van der Waals surface area contributed by atoms with Crippen molar-refractivity contribution in [2.45, 2.75) is 10.9 Å². The molecule has 1 heterocycles. The SMILES string of the molecule is O=C(O)C1(C(F)(F)F)C=NCS1. The summed E-state index contributed by atoms with van der Waals surface area (Å²) in [7, 11) is 0. The first kappa shape index (κ1) is 9.37. The predicted octanol–water partition coefficient (Wildman–Crippen LogP) is 1.15. The Morgan fingerprint density at radius 2 is 2.25 bits per heavy atom. The zero-order chi connectivity index (χ0) is 9.41. The van der Waals surface area contributed by atoms with Gasteiger partial charge in [-0.25, -0.2) is 4.79 Å². The number of carboxylic acids is 1. The number of alkyl halides is 3. The summed E-state index contributed by atoms with van der Waals surface area (Å²) in [5.41, 5.74) is 0. The molecule has 0 aliphatic carbocycles. The van der Waals surface area contributed by atoms with Crippen LogP contribution < -0.4 is 0 Å². The second kappa shape index (κ2) is 2.65. The molecule has 1 aliphatic rings. The molecule has 0 aromatic rings. The fraction of sp³-hybridized carbons (Fsp3) is 0.600. The van der Waals surface area contributed by atoms with E-state index in [1.54, 1.807) is 0 Å². The Morgan fingerprint density at radius 3 is 2.42 bits per heavy atom. The molecule has 7 heteroatoms. The molecule has 1 atom stereocenters. The van der Waals surface area contributed by atoms with E-state index in [9.17, 15) is 18.0 Å². The number of hydrogen-bond donors (Lipinski definition) is 1. The van der Waals surface area contributed by atoms with Gasteiger partial charge in [-0.05, 0) is 0 Å². The molecule has 0 amide bonds. The van der Waals surface area contributed by atoms with E-state index in [1.165, 1.54) is 0 Å². The van der Waals surface area contributed by atoms with Gasteiger partial charge in [-0.15, -0.1) is 11.8 Å². The highest BCUT2D eigenvalue weighted by Gasteiger charge is 2.62. The fourth-order valence-electron chi connectivity index (χ4n) is 0.735. The lowest BCUT2D eigenvalue weighted by Crippen LogP contribution is -2.49. The molecule has 1 rings (SSSR count). The molecule has 0 bridgehead atoms. The van der Waals surface area contributed by atoms with Gasteiger partial charge in [-0.3, -0.25) is 4.99 Å². The largest absolute Gasteiger partial charge is 0.480 e. The number of carboxylic acid groups (broad SMARTS) is 1. The number of hydrogen-bond acceptors (Lipinski definition) is 3. The van der Waals surface area contributed by atoms with Crippen molar-refractivity contribution in [1.29, 1.82) is 0 Å². The Kier molecular flexibility index (Phi) is 2.07. The first-order chi connectivity index (χ1) is 5.40. The second-order valence-corrected chi connectivity index (χ2v) is 3.31. The van der Waals surface area contributed by atoms with Gasteiger partial charge in [0.1, 0.15) is 0 Å². The van der Waals surface area contributed by atoms with Crippen molar-refractivity contribution in [2.24, 2.45) is 4.99 Å². The molecule has 0 saturated heterocycles. The summed E-state index contributed by atoms with van der Waals surface area (Å²) in [6.45, 7) is 0. The molecule has 1 unspecified atom stereocenters. The van der Waals surface area contributed by atoms with Gasteiger partial charge < -0.3 is 5.11 Å². The molecule has 12 heavy (non-hydrogen) atoms. The standard InChI is InChI=1S/C5H4F3NO2S/c6-5(7,8)4(3(10)11)1-9-2-12-4/h1H,2H2,(H,10,11). The predicted molar refractivity (Wildman–Crippen MR) is 37.4 cm³/mol. The molecular formula is C5H4F3NO2S. The normalized spacial score (nSPS) is 29.2. The van der Waals surface area contributed by atoms with E-state index in [0.29, 0.717) is 6.21 Å². The zero-order valence-corrected chi connectivity index (χ0v) is 6.45. The average molecular weight is 199 g/mol. The van der Waals surface area contributed by atoms with Gasteiger partial charge in [-0.2, -0.15) is 13.2 Å². The summed E-state index contributed by atoms with van der Waals surface area (Å²) < 4.78 is 33.7. The van der Waals surface area contributed by atoms with Crippen LogP contribution in [-0.4, -0.2) is 34.1 Å². The molecule has 0 aromatic carbocycles. The highest BCUT2D eigenvalue weighted by molar-refractivity contribution is 8.02. The maximum Gasteiger partial charge on any atom is 0.418 e. The lowest BCUT2D eigenvalue weighted by atomic mass is 10.1. The Labute approximate surface area is 69.7 Å². The molecule has 0 aromatic heterocycles. The Morgan fingerprint density at radius 1 is 1.67 bits per heavy atom. The molecular weight excluding hydrogens is 195 g/mol. The van der Waals surface area contributed by atoms with E-state index >= 15 is 0 Å². The Balaban J connectivity index is 3.04. The zero-order valence-electron chi connectivity index (χ0n) is 5.63. The third kappa shape index (κ3) is 1.17. The summed E-state index contributed by atoms with van der Waals surface area (Å²) in [6.07, 6.45) is -4.34. The third-order valence-corrected chi connectivity index (χ3v) is 2.62.